The van der Waals surface area contributed by atoms with E-state index >= 15 is 0 Å². The number of nitrogens with zero attached hydrogens (tertiary/aromatic N) is 1. The fourth-order valence-electron chi connectivity index (χ4n) is 3.36. The summed E-state index contributed by atoms with van der Waals surface area (Å²) in [6, 6.07) is 24.7. The summed E-state index contributed by atoms with van der Waals surface area (Å²) < 4.78 is 0. The fraction of sp³-hybridized carbons (Fsp3) is 0.231. The van der Waals surface area contributed by atoms with E-state index in [0.29, 0.717) is 23.4 Å². The van der Waals surface area contributed by atoms with Crippen LogP contribution in [0.25, 0.3) is 0 Å². The van der Waals surface area contributed by atoms with Gasteiger partial charge in [-0.05, 0) is 48.2 Å². The summed E-state index contributed by atoms with van der Waals surface area (Å²) in [6.45, 7) is 2.65. The molecular formula is C26H28N2O2. The van der Waals surface area contributed by atoms with Crippen molar-refractivity contribution in [2.45, 2.75) is 32.7 Å². The van der Waals surface area contributed by atoms with Crippen molar-refractivity contribution in [2.24, 2.45) is 0 Å². The van der Waals surface area contributed by atoms with Gasteiger partial charge in [-0.15, -0.1) is 0 Å². The molecule has 0 aliphatic rings. The molecule has 154 valence electrons. The lowest BCUT2D eigenvalue weighted by atomic mass is 10.0. The van der Waals surface area contributed by atoms with Crippen molar-refractivity contribution in [3.63, 3.8) is 0 Å². The number of para-hydroxylation sites is 1. The van der Waals surface area contributed by atoms with Gasteiger partial charge in [0.05, 0.1) is 11.3 Å². The second-order valence-electron chi connectivity index (χ2n) is 7.45. The van der Waals surface area contributed by atoms with Gasteiger partial charge < -0.3 is 10.2 Å². The van der Waals surface area contributed by atoms with Crippen LogP contribution in [0.15, 0.2) is 78.9 Å². The quantitative estimate of drug-likeness (QED) is 0.539. The fourth-order valence-corrected chi connectivity index (χ4v) is 3.36. The second-order valence-corrected chi connectivity index (χ2v) is 7.45. The van der Waals surface area contributed by atoms with Crippen LogP contribution in [0.4, 0.5) is 5.69 Å². The zero-order valence-electron chi connectivity index (χ0n) is 17.6. The monoisotopic (exact) mass is 400 g/mol. The molecule has 0 aliphatic heterocycles. The number of unbranched alkanes of at least 4 members (excludes halogenated alkanes) is 1. The van der Waals surface area contributed by atoms with E-state index in [1.54, 1.807) is 30.1 Å². The molecule has 0 aliphatic carbocycles. The Morgan fingerprint density at radius 1 is 0.867 bits per heavy atom. The summed E-state index contributed by atoms with van der Waals surface area (Å²) >= 11 is 0. The SMILES string of the molecule is CCCCc1cccc(C(=O)Nc2ccccc2C(=O)N(C)Cc2ccccc2)c1. The van der Waals surface area contributed by atoms with Crippen LogP contribution in [0, 0.1) is 0 Å². The maximum absolute atomic E-state index is 13.0. The third kappa shape index (κ3) is 5.57. The number of nitrogens with one attached hydrogen (secondary N) is 1. The predicted molar refractivity (Wildman–Crippen MR) is 122 cm³/mol. The number of carbonyl (C=O) groups is 2. The summed E-state index contributed by atoms with van der Waals surface area (Å²) in [7, 11) is 1.77. The Balaban J connectivity index is 1.75. The molecule has 0 atom stereocenters. The highest BCUT2D eigenvalue weighted by Crippen LogP contribution is 2.19. The highest BCUT2D eigenvalue weighted by Gasteiger charge is 2.17. The molecule has 3 rings (SSSR count). The van der Waals surface area contributed by atoms with E-state index in [4.69, 9.17) is 0 Å². The first-order valence-corrected chi connectivity index (χ1v) is 10.4. The van der Waals surface area contributed by atoms with Crippen molar-refractivity contribution >= 4 is 17.5 Å². The number of anilines is 1. The average molecular weight is 401 g/mol. The van der Waals surface area contributed by atoms with Crippen molar-refractivity contribution in [1.29, 1.82) is 0 Å². The number of rotatable bonds is 8. The number of hydrogen-bond donors (Lipinski definition) is 1. The molecule has 0 saturated carbocycles. The Morgan fingerprint density at radius 3 is 2.33 bits per heavy atom. The van der Waals surface area contributed by atoms with E-state index in [-0.39, 0.29) is 11.8 Å². The van der Waals surface area contributed by atoms with E-state index in [2.05, 4.69) is 12.2 Å². The van der Waals surface area contributed by atoms with E-state index in [1.807, 2.05) is 60.7 Å². The minimum Gasteiger partial charge on any atom is -0.337 e. The standard InChI is InChI=1S/C26H28N2O2/c1-3-4-11-20-14-10-15-22(18-20)25(29)27-24-17-9-8-16-23(24)26(30)28(2)19-21-12-6-5-7-13-21/h5-10,12-18H,3-4,11,19H2,1-2H3,(H,27,29). The van der Waals surface area contributed by atoms with E-state index in [0.717, 1.165) is 30.4 Å². The van der Waals surface area contributed by atoms with Gasteiger partial charge in [0.25, 0.3) is 11.8 Å². The Bertz CT molecular complexity index is 999. The smallest absolute Gasteiger partial charge is 0.256 e. The summed E-state index contributed by atoms with van der Waals surface area (Å²) in [5.74, 6) is -0.342. The number of amides is 2. The van der Waals surface area contributed by atoms with Crippen molar-refractivity contribution in [2.75, 3.05) is 12.4 Å². The van der Waals surface area contributed by atoms with Crippen molar-refractivity contribution < 1.29 is 9.59 Å². The molecule has 0 bridgehead atoms. The molecule has 0 aromatic heterocycles. The third-order valence-electron chi connectivity index (χ3n) is 5.02. The minimum atomic E-state index is -0.209. The molecule has 0 saturated heterocycles. The van der Waals surface area contributed by atoms with Crippen molar-refractivity contribution in [1.82, 2.24) is 4.90 Å². The van der Waals surface area contributed by atoms with Crippen LogP contribution in [-0.2, 0) is 13.0 Å². The van der Waals surface area contributed by atoms with Gasteiger partial charge in [-0.3, -0.25) is 9.59 Å². The zero-order valence-corrected chi connectivity index (χ0v) is 17.6. The molecule has 0 unspecified atom stereocenters. The maximum Gasteiger partial charge on any atom is 0.256 e. The number of aryl methyl sites for hydroxylation is 1. The molecule has 3 aromatic rings. The van der Waals surface area contributed by atoms with E-state index < -0.39 is 0 Å². The van der Waals surface area contributed by atoms with E-state index in [1.165, 1.54) is 0 Å². The Morgan fingerprint density at radius 2 is 1.57 bits per heavy atom. The van der Waals surface area contributed by atoms with Crippen molar-refractivity contribution in [3.8, 4) is 0 Å². The Kier molecular flexibility index (Phi) is 7.39. The lowest BCUT2D eigenvalue weighted by molar-refractivity contribution is 0.0786. The summed E-state index contributed by atoms with van der Waals surface area (Å²) in [6.07, 6.45) is 3.16. The first-order valence-electron chi connectivity index (χ1n) is 10.4. The first kappa shape index (κ1) is 21.3. The number of benzene rings is 3. The molecule has 4 nitrogen and oxygen atoms in total. The Labute approximate surface area is 178 Å². The van der Waals surface area contributed by atoms with Crippen LogP contribution in [-0.4, -0.2) is 23.8 Å². The zero-order chi connectivity index (χ0) is 21.3. The summed E-state index contributed by atoms with van der Waals surface area (Å²) in [5, 5.41) is 2.92. The summed E-state index contributed by atoms with van der Waals surface area (Å²) in [5.41, 5.74) is 3.80. The van der Waals surface area contributed by atoms with Gasteiger partial charge in [0.1, 0.15) is 0 Å². The van der Waals surface area contributed by atoms with Gasteiger partial charge in [-0.25, -0.2) is 0 Å². The lowest BCUT2D eigenvalue weighted by Crippen LogP contribution is -2.27. The van der Waals surface area contributed by atoms with Gasteiger partial charge in [-0.1, -0.05) is 67.9 Å². The van der Waals surface area contributed by atoms with Crippen molar-refractivity contribution in [3.05, 3.63) is 101 Å². The maximum atomic E-state index is 13.0. The van der Waals surface area contributed by atoms with Crippen LogP contribution in [0.1, 0.15) is 51.6 Å². The van der Waals surface area contributed by atoms with Crippen LogP contribution >= 0.6 is 0 Å². The molecule has 0 fully saturated rings. The minimum absolute atomic E-state index is 0.133. The highest BCUT2D eigenvalue weighted by atomic mass is 16.2. The Hall–Kier alpha value is -3.40. The average Bonchev–Trinajstić information content (AvgIpc) is 2.78. The molecule has 1 N–H and O–H groups in total. The molecule has 3 aromatic carbocycles. The van der Waals surface area contributed by atoms with Gasteiger partial charge in [0.15, 0.2) is 0 Å². The third-order valence-corrected chi connectivity index (χ3v) is 5.02. The molecule has 30 heavy (non-hydrogen) atoms. The first-order chi connectivity index (χ1) is 14.6. The van der Waals surface area contributed by atoms with Gasteiger partial charge in [-0.2, -0.15) is 0 Å². The number of carbonyl (C=O) groups excluding carboxylic acids is 2. The van der Waals surface area contributed by atoms with Gasteiger partial charge >= 0.3 is 0 Å². The van der Waals surface area contributed by atoms with E-state index in [9.17, 15) is 9.59 Å². The normalized spacial score (nSPS) is 10.5. The van der Waals surface area contributed by atoms with Crippen LogP contribution in [0.3, 0.4) is 0 Å². The predicted octanol–water partition coefficient (Wildman–Crippen LogP) is 5.55. The molecule has 0 heterocycles. The van der Waals surface area contributed by atoms with Gasteiger partial charge in [0, 0.05) is 19.2 Å². The number of hydrogen-bond acceptors (Lipinski definition) is 2. The second kappa shape index (κ2) is 10.4. The highest BCUT2D eigenvalue weighted by molar-refractivity contribution is 6.09. The molecule has 0 spiro atoms. The molecular weight excluding hydrogens is 372 g/mol. The summed E-state index contributed by atoms with van der Waals surface area (Å²) in [4.78, 5) is 27.5. The molecule has 2 amide bonds. The molecule has 0 radical (unpaired) electrons. The van der Waals surface area contributed by atoms with Crippen LogP contribution < -0.4 is 5.32 Å². The van der Waals surface area contributed by atoms with Crippen LogP contribution in [0.5, 0.6) is 0 Å². The van der Waals surface area contributed by atoms with Gasteiger partial charge in [0.2, 0.25) is 0 Å². The largest absolute Gasteiger partial charge is 0.337 e. The molecule has 4 heteroatoms. The lowest BCUT2D eigenvalue weighted by Gasteiger charge is -2.19. The van der Waals surface area contributed by atoms with Crippen LogP contribution in [0.2, 0.25) is 0 Å². The topological polar surface area (TPSA) is 49.4 Å².